The number of anilines is 1. The van der Waals surface area contributed by atoms with Gasteiger partial charge < -0.3 is 15.7 Å². The molecule has 2 saturated carbocycles. The van der Waals surface area contributed by atoms with E-state index in [4.69, 9.17) is 0 Å². The fraction of sp³-hybridized carbons (Fsp3) is 0.550. The quantitative estimate of drug-likeness (QED) is 0.728. The Morgan fingerprint density at radius 1 is 1.15 bits per heavy atom. The van der Waals surface area contributed by atoms with Gasteiger partial charge in [0.1, 0.15) is 5.54 Å². The Hall–Kier alpha value is -2.37. The average molecular weight is 358 g/mol. The predicted octanol–water partition coefficient (Wildman–Crippen LogP) is 3.19. The van der Waals surface area contributed by atoms with Crippen LogP contribution in [-0.2, 0) is 9.59 Å². The van der Waals surface area contributed by atoms with Crippen molar-refractivity contribution < 1.29 is 19.5 Å². The lowest BCUT2D eigenvalue weighted by atomic mass is 9.75. The van der Waals surface area contributed by atoms with Gasteiger partial charge in [-0.1, -0.05) is 19.4 Å². The first-order valence-electron chi connectivity index (χ1n) is 9.40. The highest BCUT2D eigenvalue weighted by Crippen LogP contribution is 2.34. The van der Waals surface area contributed by atoms with Gasteiger partial charge in [0.2, 0.25) is 5.91 Å². The number of nitrogens with one attached hydrogen (secondary N) is 2. The summed E-state index contributed by atoms with van der Waals surface area (Å²) in [5.74, 6) is -0.803. The maximum atomic E-state index is 12.7. The van der Waals surface area contributed by atoms with E-state index in [0.717, 1.165) is 32.1 Å². The minimum Gasteiger partial charge on any atom is -0.480 e. The Morgan fingerprint density at radius 2 is 1.85 bits per heavy atom. The number of amides is 2. The average Bonchev–Trinajstić information content (AvgIpc) is 3.47. The minimum atomic E-state index is -1.20. The van der Waals surface area contributed by atoms with Crippen LogP contribution in [0.1, 0.15) is 62.2 Å². The summed E-state index contributed by atoms with van der Waals surface area (Å²) in [4.78, 5) is 36.4. The van der Waals surface area contributed by atoms with Gasteiger partial charge in [-0.25, -0.2) is 4.79 Å². The number of carbonyl (C=O) groups excluding carboxylic acids is 2. The van der Waals surface area contributed by atoms with Crippen molar-refractivity contribution in [1.29, 1.82) is 0 Å². The molecule has 6 heteroatoms. The highest BCUT2D eigenvalue weighted by atomic mass is 16.4. The third-order valence-corrected chi connectivity index (χ3v) is 5.64. The molecule has 3 N–H and O–H groups in total. The van der Waals surface area contributed by atoms with E-state index in [2.05, 4.69) is 17.6 Å². The molecule has 0 bridgehead atoms. The van der Waals surface area contributed by atoms with Crippen molar-refractivity contribution in [3.05, 3.63) is 29.8 Å². The van der Waals surface area contributed by atoms with Crippen LogP contribution in [0, 0.1) is 11.8 Å². The molecule has 0 spiro atoms. The molecule has 0 aromatic heterocycles. The van der Waals surface area contributed by atoms with E-state index in [1.54, 1.807) is 24.3 Å². The van der Waals surface area contributed by atoms with E-state index in [1.165, 1.54) is 0 Å². The molecule has 2 aliphatic carbocycles. The van der Waals surface area contributed by atoms with E-state index in [0.29, 0.717) is 30.0 Å². The Labute approximate surface area is 153 Å². The molecule has 1 aromatic rings. The fourth-order valence-electron chi connectivity index (χ4n) is 3.59. The van der Waals surface area contributed by atoms with Crippen LogP contribution in [0.3, 0.4) is 0 Å². The van der Waals surface area contributed by atoms with Crippen molar-refractivity contribution in [2.75, 3.05) is 5.32 Å². The molecule has 2 aliphatic rings. The van der Waals surface area contributed by atoms with Gasteiger partial charge in [0.25, 0.3) is 5.91 Å². The van der Waals surface area contributed by atoms with Crippen molar-refractivity contribution in [2.45, 2.75) is 57.4 Å². The number of benzene rings is 1. The molecule has 0 unspecified atom stereocenters. The van der Waals surface area contributed by atoms with Crippen LogP contribution in [-0.4, -0.2) is 28.4 Å². The first kappa shape index (κ1) is 18.4. The van der Waals surface area contributed by atoms with E-state index < -0.39 is 17.4 Å². The summed E-state index contributed by atoms with van der Waals surface area (Å²) in [7, 11) is 0. The minimum absolute atomic E-state index is 0.0255. The summed E-state index contributed by atoms with van der Waals surface area (Å²) in [5, 5.41) is 15.3. The molecule has 3 rings (SSSR count). The lowest BCUT2D eigenvalue weighted by Crippen LogP contribution is -2.56. The van der Waals surface area contributed by atoms with E-state index >= 15 is 0 Å². The maximum absolute atomic E-state index is 12.7. The van der Waals surface area contributed by atoms with Crippen LogP contribution in [0.15, 0.2) is 24.3 Å². The second kappa shape index (κ2) is 7.48. The molecular formula is C20H26N2O4. The van der Waals surface area contributed by atoms with Crippen molar-refractivity contribution in [3.8, 4) is 0 Å². The van der Waals surface area contributed by atoms with Gasteiger partial charge >= 0.3 is 5.97 Å². The number of carboxylic acids is 1. The number of hydrogen-bond acceptors (Lipinski definition) is 3. The third kappa shape index (κ3) is 4.06. The van der Waals surface area contributed by atoms with Crippen molar-refractivity contribution in [3.63, 3.8) is 0 Å². The van der Waals surface area contributed by atoms with Crippen LogP contribution in [0.5, 0.6) is 0 Å². The first-order chi connectivity index (χ1) is 12.4. The van der Waals surface area contributed by atoms with E-state index in [1.807, 2.05) is 0 Å². The second-order valence-corrected chi connectivity index (χ2v) is 7.54. The second-order valence-electron chi connectivity index (χ2n) is 7.54. The normalized spacial score (nSPS) is 25.3. The third-order valence-electron chi connectivity index (χ3n) is 5.64. The molecule has 0 heterocycles. The Balaban J connectivity index is 1.69. The molecule has 26 heavy (non-hydrogen) atoms. The summed E-state index contributed by atoms with van der Waals surface area (Å²) >= 11 is 0. The summed E-state index contributed by atoms with van der Waals surface area (Å²) in [6.45, 7) is 2.11. The molecule has 0 atom stereocenters. The molecule has 140 valence electrons. The zero-order valence-electron chi connectivity index (χ0n) is 15.1. The molecule has 2 fully saturated rings. The summed E-state index contributed by atoms with van der Waals surface area (Å²) in [6, 6.07) is 6.66. The topological polar surface area (TPSA) is 95.5 Å². The van der Waals surface area contributed by atoms with E-state index in [9.17, 15) is 19.5 Å². The zero-order valence-corrected chi connectivity index (χ0v) is 15.1. The maximum Gasteiger partial charge on any atom is 0.329 e. The Kier molecular flexibility index (Phi) is 5.30. The first-order valence-corrected chi connectivity index (χ1v) is 9.40. The van der Waals surface area contributed by atoms with Crippen molar-refractivity contribution in [2.24, 2.45) is 11.8 Å². The van der Waals surface area contributed by atoms with Gasteiger partial charge in [0.15, 0.2) is 0 Å². The molecular weight excluding hydrogens is 332 g/mol. The largest absolute Gasteiger partial charge is 0.480 e. The monoisotopic (exact) mass is 358 g/mol. The summed E-state index contributed by atoms with van der Waals surface area (Å²) < 4.78 is 0. The summed E-state index contributed by atoms with van der Waals surface area (Å²) in [6.07, 6.45) is 5.36. The van der Waals surface area contributed by atoms with Crippen LogP contribution in [0.2, 0.25) is 0 Å². The summed E-state index contributed by atoms with van der Waals surface area (Å²) in [5.41, 5.74) is -0.277. The van der Waals surface area contributed by atoms with Crippen molar-refractivity contribution >= 4 is 23.5 Å². The van der Waals surface area contributed by atoms with Crippen LogP contribution < -0.4 is 10.6 Å². The molecule has 0 saturated heterocycles. The standard InChI is InChI=1S/C20H26N2O4/c1-2-13-8-10-20(11-9-13,19(25)26)22-18(24)15-4-3-5-16(12-15)21-17(23)14-6-7-14/h3-5,12-14H,2,6-11H2,1H3,(H,21,23)(H,22,24)(H,25,26). The van der Waals surface area contributed by atoms with Crippen LogP contribution >= 0.6 is 0 Å². The SMILES string of the molecule is CCC1CCC(NC(=O)c2cccc(NC(=O)C3CC3)c2)(C(=O)O)CC1. The molecule has 0 aliphatic heterocycles. The number of rotatable bonds is 6. The number of carboxylic acid groups (broad SMARTS) is 1. The number of aliphatic carboxylic acids is 1. The predicted molar refractivity (Wildman–Crippen MR) is 97.9 cm³/mol. The smallest absolute Gasteiger partial charge is 0.329 e. The highest BCUT2D eigenvalue weighted by molar-refractivity contribution is 6.00. The van der Waals surface area contributed by atoms with Gasteiger partial charge in [0.05, 0.1) is 0 Å². The number of carbonyl (C=O) groups is 3. The Morgan fingerprint density at radius 3 is 2.42 bits per heavy atom. The fourth-order valence-corrected chi connectivity index (χ4v) is 3.59. The zero-order chi connectivity index (χ0) is 18.7. The van der Waals surface area contributed by atoms with E-state index in [-0.39, 0.29) is 11.8 Å². The molecule has 2 amide bonds. The van der Waals surface area contributed by atoms with Gasteiger partial charge in [-0.3, -0.25) is 9.59 Å². The van der Waals surface area contributed by atoms with Crippen molar-refractivity contribution in [1.82, 2.24) is 5.32 Å². The molecule has 1 aromatic carbocycles. The molecule has 6 nitrogen and oxygen atoms in total. The Bertz CT molecular complexity index is 704. The van der Waals surface area contributed by atoms with Gasteiger partial charge in [0, 0.05) is 17.2 Å². The lowest BCUT2D eigenvalue weighted by Gasteiger charge is -2.37. The highest BCUT2D eigenvalue weighted by Gasteiger charge is 2.43. The lowest BCUT2D eigenvalue weighted by molar-refractivity contribution is -0.146. The van der Waals surface area contributed by atoms with Gasteiger partial charge in [-0.15, -0.1) is 0 Å². The van der Waals surface area contributed by atoms with Crippen LogP contribution in [0.4, 0.5) is 5.69 Å². The molecule has 0 radical (unpaired) electrons. The van der Waals surface area contributed by atoms with Gasteiger partial charge in [-0.2, -0.15) is 0 Å². The van der Waals surface area contributed by atoms with Gasteiger partial charge in [-0.05, 0) is 62.6 Å². The number of hydrogen-bond donors (Lipinski definition) is 3. The van der Waals surface area contributed by atoms with Crippen LogP contribution in [0.25, 0.3) is 0 Å².